The molecule has 7 heteroatoms. The first-order valence-corrected chi connectivity index (χ1v) is 7.83. The van der Waals surface area contributed by atoms with Gasteiger partial charge in [0.2, 0.25) is 0 Å². The zero-order valence-electron chi connectivity index (χ0n) is 13.1. The van der Waals surface area contributed by atoms with Crippen molar-refractivity contribution in [2.24, 2.45) is 0 Å². The van der Waals surface area contributed by atoms with E-state index in [9.17, 15) is 14.0 Å². The SMILES string of the molecule is O=C(COc1cccc(F)c1)N1CCCC(c2ccnc(=O)[nH]2)C1. The molecule has 0 radical (unpaired) electrons. The summed E-state index contributed by atoms with van der Waals surface area (Å²) >= 11 is 0. The minimum atomic E-state index is -0.403. The van der Waals surface area contributed by atoms with Gasteiger partial charge in [0, 0.05) is 37.0 Å². The maximum absolute atomic E-state index is 13.1. The number of aromatic amines is 1. The van der Waals surface area contributed by atoms with Gasteiger partial charge in [-0.15, -0.1) is 0 Å². The van der Waals surface area contributed by atoms with E-state index in [0.29, 0.717) is 18.8 Å². The topological polar surface area (TPSA) is 75.3 Å². The summed E-state index contributed by atoms with van der Waals surface area (Å²) in [5.74, 6) is -0.150. The van der Waals surface area contributed by atoms with E-state index in [4.69, 9.17) is 4.74 Å². The fraction of sp³-hybridized carbons (Fsp3) is 0.353. The first kappa shape index (κ1) is 16.2. The number of rotatable bonds is 4. The number of nitrogens with zero attached hydrogens (tertiary/aromatic N) is 2. The minimum Gasteiger partial charge on any atom is -0.484 e. The van der Waals surface area contributed by atoms with Crippen LogP contribution in [0.3, 0.4) is 0 Å². The lowest BCUT2D eigenvalue weighted by molar-refractivity contribution is -0.134. The number of likely N-dealkylation sites (tertiary alicyclic amines) is 1. The molecule has 1 amide bonds. The van der Waals surface area contributed by atoms with Crippen LogP contribution in [0.4, 0.5) is 4.39 Å². The van der Waals surface area contributed by atoms with Crippen LogP contribution < -0.4 is 10.4 Å². The van der Waals surface area contributed by atoms with E-state index in [1.54, 1.807) is 17.0 Å². The number of carbonyl (C=O) groups is 1. The van der Waals surface area contributed by atoms with Crippen LogP contribution in [0.25, 0.3) is 0 Å². The largest absolute Gasteiger partial charge is 0.484 e. The molecule has 126 valence electrons. The fourth-order valence-electron chi connectivity index (χ4n) is 2.87. The lowest BCUT2D eigenvalue weighted by Gasteiger charge is -2.32. The molecule has 0 aliphatic carbocycles. The van der Waals surface area contributed by atoms with Gasteiger partial charge in [0.15, 0.2) is 6.61 Å². The van der Waals surface area contributed by atoms with Crippen molar-refractivity contribution in [1.82, 2.24) is 14.9 Å². The van der Waals surface area contributed by atoms with Crippen molar-refractivity contribution in [2.75, 3.05) is 19.7 Å². The number of halogens is 1. The number of piperidine rings is 1. The Morgan fingerprint density at radius 3 is 3.08 bits per heavy atom. The second-order valence-corrected chi connectivity index (χ2v) is 5.76. The first-order chi connectivity index (χ1) is 11.6. The third kappa shape index (κ3) is 3.98. The summed E-state index contributed by atoms with van der Waals surface area (Å²) in [6.07, 6.45) is 3.22. The molecule has 1 aliphatic rings. The van der Waals surface area contributed by atoms with Crippen LogP contribution in [-0.4, -0.2) is 40.5 Å². The molecule has 0 spiro atoms. The van der Waals surface area contributed by atoms with Crippen LogP contribution in [0.1, 0.15) is 24.5 Å². The number of nitrogens with one attached hydrogen (secondary N) is 1. The maximum Gasteiger partial charge on any atom is 0.345 e. The summed E-state index contributed by atoms with van der Waals surface area (Å²) in [6, 6.07) is 7.47. The van der Waals surface area contributed by atoms with Gasteiger partial charge in [0.05, 0.1) is 0 Å². The first-order valence-electron chi connectivity index (χ1n) is 7.83. The van der Waals surface area contributed by atoms with Gasteiger partial charge < -0.3 is 14.6 Å². The van der Waals surface area contributed by atoms with Gasteiger partial charge in [0.1, 0.15) is 11.6 Å². The molecule has 0 saturated carbocycles. The lowest BCUT2D eigenvalue weighted by atomic mass is 9.94. The highest BCUT2D eigenvalue weighted by atomic mass is 19.1. The molecule has 1 atom stereocenters. The summed E-state index contributed by atoms with van der Waals surface area (Å²) in [5, 5.41) is 0. The van der Waals surface area contributed by atoms with E-state index < -0.39 is 5.82 Å². The number of carbonyl (C=O) groups excluding carboxylic acids is 1. The Morgan fingerprint density at radius 1 is 1.42 bits per heavy atom. The van der Waals surface area contributed by atoms with Crippen LogP contribution in [0.2, 0.25) is 0 Å². The fourth-order valence-corrected chi connectivity index (χ4v) is 2.87. The van der Waals surface area contributed by atoms with Crippen LogP contribution in [-0.2, 0) is 4.79 Å². The molecule has 1 aliphatic heterocycles. The van der Waals surface area contributed by atoms with Gasteiger partial charge in [-0.1, -0.05) is 6.07 Å². The summed E-state index contributed by atoms with van der Waals surface area (Å²) in [7, 11) is 0. The average molecular weight is 331 g/mol. The molecule has 1 unspecified atom stereocenters. The number of hydrogen-bond acceptors (Lipinski definition) is 4. The second-order valence-electron chi connectivity index (χ2n) is 5.76. The molecule has 0 bridgehead atoms. The van der Waals surface area contributed by atoms with Crippen molar-refractivity contribution in [2.45, 2.75) is 18.8 Å². The summed E-state index contributed by atoms with van der Waals surface area (Å²) < 4.78 is 18.5. The third-order valence-electron chi connectivity index (χ3n) is 4.07. The van der Waals surface area contributed by atoms with E-state index in [1.165, 1.54) is 24.4 Å². The van der Waals surface area contributed by atoms with Gasteiger partial charge in [-0.2, -0.15) is 0 Å². The molecule has 1 aromatic heterocycles. The van der Waals surface area contributed by atoms with Crippen molar-refractivity contribution >= 4 is 5.91 Å². The Bertz CT molecular complexity index is 777. The van der Waals surface area contributed by atoms with Crippen LogP contribution in [0, 0.1) is 5.82 Å². The number of hydrogen-bond donors (Lipinski definition) is 1. The number of aromatic nitrogens is 2. The van der Waals surface area contributed by atoms with Crippen LogP contribution in [0.5, 0.6) is 5.75 Å². The van der Waals surface area contributed by atoms with Gasteiger partial charge in [-0.25, -0.2) is 14.2 Å². The Labute approximate surface area is 138 Å². The Morgan fingerprint density at radius 2 is 2.29 bits per heavy atom. The highest BCUT2D eigenvalue weighted by Gasteiger charge is 2.25. The molecule has 1 saturated heterocycles. The Balaban J connectivity index is 1.60. The van der Waals surface area contributed by atoms with Crippen LogP contribution >= 0.6 is 0 Å². The van der Waals surface area contributed by atoms with Crippen molar-refractivity contribution < 1.29 is 13.9 Å². The van der Waals surface area contributed by atoms with Crippen molar-refractivity contribution in [3.8, 4) is 5.75 Å². The molecule has 2 heterocycles. The minimum absolute atomic E-state index is 0.0765. The smallest absolute Gasteiger partial charge is 0.345 e. The van der Waals surface area contributed by atoms with Gasteiger partial charge in [-0.3, -0.25) is 4.79 Å². The molecular weight excluding hydrogens is 313 g/mol. The molecule has 2 aromatic rings. The lowest BCUT2D eigenvalue weighted by Crippen LogP contribution is -2.42. The third-order valence-corrected chi connectivity index (χ3v) is 4.07. The number of benzene rings is 1. The normalized spacial score (nSPS) is 17.5. The standard InChI is InChI=1S/C17H18FN3O3/c18-13-4-1-5-14(9-13)24-11-16(22)21-8-2-3-12(10-21)15-6-7-19-17(23)20-15/h1,4-7,9,12H,2-3,8,10-11H2,(H,19,20,23). The molecule has 1 fully saturated rings. The van der Waals surface area contributed by atoms with Crippen molar-refractivity contribution in [3.05, 3.63) is 58.5 Å². The quantitative estimate of drug-likeness (QED) is 0.925. The monoisotopic (exact) mass is 331 g/mol. The zero-order chi connectivity index (χ0) is 16.9. The Kier molecular flexibility index (Phi) is 4.88. The van der Waals surface area contributed by atoms with Gasteiger partial charge in [-0.05, 0) is 31.0 Å². The number of ether oxygens (including phenoxy) is 1. The molecule has 6 nitrogen and oxygen atoms in total. The van der Waals surface area contributed by atoms with Gasteiger partial charge >= 0.3 is 5.69 Å². The van der Waals surface area contributed by atoms with E-state index in [2.05, 4.69) is 9.97 Å². The van der Waals surface area contributed by atoms with E-state index in [0.717, 1.165) is 18.5 Å². The molecule has 24 heavy (non-hydrogen) atoms. The van der Waals surface area contributed by atoms with Crippen molar-refractivity contribution in [3.63, 3.8) is 0 Å². The average Bonchev–Trinajstić information content (AvgIpc) is 2.60. The zero-order valence-corrected chi connectivity index (χ0v) is 13.1. The predicted molar refractivity (Wildman–Crippen MR) is 85.3 cm³/mol. The van der Waals surface area contributed by atoms with Crippen LogP contribution in [0.15, 0.2) is 41.3 Å². The highest BCUT2D eigenvalue weighted by molar-refractivity contribution is 5.78. The predicted octanol–water partition coefficient (Wildman–Crippen LogP) is 1.69. The number of H-pyrrole nitrogens is 1. The second kappa shape index (κ2) is 7.25. The maximum atomic E-state index is 13.1. The summed E-state index contributed by atoms with van der Waals surface area (Å²) in [6.45, 7) is 1.03. The van der Waals surface area contributed by atoms with Gasteiger partial charge in [0.25, 0.3) is 5.91 Å². The van der Waals surface area contributed by atoms with E-state index in [1.807, 2.05) is 0 Å². The molecular formula is C17H18FN3O3. The highest BCUT2D eigenvalue weighted by Crippen LogP contribution is 2.24. The summed E-state index contributed by atoms with van der Waals surface area (Å²) in [4.78, 5) is 31.7. The molecule has 1 aromatic carbocycles. The Hall–Kier alpha value is -2.70. The molecule has 3 rings (SSSR count). The van der Waals surface area contributed by atoms with Crippen molar-refractivity contribution in [1.29, 1.82) is 0 Å². The molecule has 1 N–H and O–H groups in total. The van der Waals surface area contributed by atoms with E-state index >= 15 is 0 Å². The van der Waals surface area contributed by atoms with E-state index in [-0.39, 0.29) is 24.1 Å². The number of amides is 1. The summed E-state index contributed by atoms with van der Waals surface area (Å²) in [5.41, 5.74) is 0.406.